The van der Waals surface area contributed by atoms with E-state index in [1.54, 1.807) is 0 Å². The topological polar surface area (TPSA) is 79.8 Å². The maximum atomic E-state index is 11.5. The predicted octanol–water partition coefficient (Wildman–Crippen LogP) is 1.95. The molecule has 0 aromatic rings. The molecular formula is C13H18N2O3. The van der Waals surface area contributed by atoms with E-state index in [4.69, 9.17) is 5.53 Å². The molecule has 5 heteroatoms. The van der Waals surface area contributed by atoms with Crippen LogP contribution in [-0.2, 0) is 14.3 Å². The molecular weight excluding hydrogens is 232 g/mol. The molecule has 0 rings (SSSR count). The van der Waals surface area contributed by atoms with Gasteiger partial charge in [0.05, 0.1) is 7.11 Å². The van der Waals surface area contributed by atoms with Crippen molar-refractivity contribution in [1.29, 1.82) is 0 Å². The van der Waals surface area contributed by atoms with E-state index in [-0.39, 0.29) is 6.42 Å². The van der Waals surface area contributed by atoms with E-state index in [9.17, 15) is 9.59 Å². The third-order valence-corrected chi connectivity index (χ3v) is 2.02. The Bertz CT molecular complexity index is 402. The quantitative estimate of drug-likeness (QED) is 0.173. The van der Waals surface area contributed by atoms with Crippen molar-refractivity contribution < 1.29 is 19.1 Å². The molecule has 0 fully saturated rings. The van der Waals surface area contributed by atoms with Crippen LogP contribution in [0, 0.1) is 5.92 Å². The standard InChI is InChI=1S/C13H18N2O3/c1-10(2)8-6-4-5-7-9-11(16)12(15-14)13(17)18-3/h4-6,8,10H,7,9H2,1-3H3/b5-4+,8-6+. The molecule has 0 unspecified atom stereocenters. The molecule has 0 aromatic carbocycles. The van der Waals surface area contributed by atoms with Gasteiger partial charge in [-0.15, -0.1) is 0 Å². The highest BCUT2D eigenvalue weighted by Crippen LogP contribution is 1.98. The minimum absolute atomic E-state index is 0.0977. The molecule has 0 bridgehead atoms. The fourth-order valence-corrected chi connectivity index (χ4v) is 1.10. The Labute approximate surface area is 107 Å². The minimum atomic E-state index is -0.925. The summed E-state index contributed by atoms with van der Waals surface area (Å²) in [6.45, 7) is 4.13. The maximum Gasteiger partial charge on any atom is 0.441 e. The summed E-state index contributed by atoms with van der Waals surface area (Å²) < 4.78 is 4.32. The van der Waals surface area contributed by atoms with Gasteiger partial charge in [-0.2, -0.15) is 4.79 Å². The first kappa shape index (κ1) is 16.0. The summed E-state index contributed by atoms with van der Waals surface area (Å²) in [5.74, 6) is -0.989. The van der Waals surface area contributed by atoms with Gasteiger partial charge in [0.2, 0.25) is 0 Å². The number of hydrogen-bond donors (Lipinski definition) is 0. The maximum absolute atomic E-state index is 11.5. The van der Waals surface area contributed by atoms with Crippen LogP contribution in [0.1, 0.15) is 26.7 Å². The van der Waals surface area contributed by atoms with Gasteiger partial charge in [0.1, 0.15) is 0 Å². The second-order valence-corrected chi connectivity index (χ2v) is 3.96. The molecule has 0 N–H and O–H groups in total. The lowest BCUT2D eigenvalue weighted by Gasteiger charge is -1.93. The van der Waals surface area contributed by atoms with Crippen molar-refractivity contribution >= 4 is 17.5 Å². The molecule has 0 aliphatic rings. The number of ketones is 1. The third-order valence-electron chi connectivity index (χ3n) is 2.02. The second-order valence-electron chi connectivity index (χ2n) is 3.96. The van der Waals surface area contributed by atoms with Gasteiger partial charge in [0.25, 0.3) is 5.78 Å². The highest BCUT2D eigenvalue weighted by Gasteiger charge is 2.29. The number of hydrogen-bond acceptors (Lipinski definition) is 3. The molecule has 0 heterocycles. The zero-order valence-electron chi connectivity index (χ0n) is 10.9. The monoisotopic (exact) mass is 250 g/mol. The van der Waals surface area contributed by atoms with E-state index in [1.165, 1.54) is 0 Å². The van der Waals surface area contributed by atoms with Gasteiger partial charge in [0, 0.05) is 6.42 Å². The average Bonchev–Trinajstić information content (AvgIpc) is 2.33. The van der Waals surface area contributed by atoms with Crippen LogP contribution in [0.25, 0.3) is 5.53 Å². The van der Waals surface area contributed by atoms with E-state index in [2.05, 4.69) is 23.4 Å². The number of allylic oxidation sites excluding steroid dienone is 4. The van der Waals surface area contributed by atoms with Crippen molar-refractivity contribution in [2.45, 2.75) is 26.7 Å². The summed E-state index contributed by atoms with van der Waals surface area (Å²) in [5, 5.41) is 0. The molecule has 5 nitrogen and oxygen atoms in total. The number of carbonyl (C=O) groups excluding carboxylic acids is 2. The molecule has 0 atom stereocenters. The largest absolute Gasteiger partial charge is 0.460 e. The van der Waals surface area contributed by atoms with Crippen molar-refractivity contribution in [1.82, 2.24) is 0 Å². The van der Waals surface area contributed by atoms with Crippen LogP contribution in [0.15, 0.2) is 24.3 Å². The van der Waals surface area contributed by atoms with Gasteiger partial charge in [-0.3, -0.25) is 4.79 Å². The predicted molar refractivity (Wildman–Crippen MR) is 68.0 cm³/mol. The van der Waals surface area contributed by atoms with Crippen molar-refractivity contribution in [3.05, 3.63) is 29.8 Å². The molecule has 0 saturated carbocycles. The van der Waals surface area contributed by atoms with Gasteiger partial charge in [-0.1, -0.05) is 38.2 Å². The van der Waals surface area contributed by atoms with Gasteiger partial charge >= 0.3 is 11.7 Å². The summed E-state index contributed by atoms with van der Waals surface area (Å²) in [6, 6.07) is 0. The Kier molecular flexibility index (Phi) is 8.07. The van der Waals surface area contributed by atoms with Crippen LogP contribution in [0.2, 0.25) is 0 Å². The van der Waals surface area contributed by atoms with Gasteiger partial charge < -0.3 is 10.3 Å². The molecule has 98 valence electrons. The summed E-state index contributed by atoms with van der Waals surface area (Å²) in [5.41, 5.74) is 7.97. The van der Waals surface area contributed by atoms with Crippen LogP contribution in [-0.4, -0.2) is 29.4 Å². The number of rotatable bonds is 7. The van der Waals surface area contributed by atoms with Crippen LogP contribution < -0.4 is 0 Å². The van der Waals surface area contributed by atoms with Crippen LogP contribution in [0.3, 0.4) is 0 Å². The van der Waals surface area contributed by atoms with E-state index >= 15 is 0 Å². The summed E-state index contributed by atoms with van der Waals surface area (Å²) in [4.78, 5) is 25.2. The molecule has 0 aliphatic heterocycles. The highest BCUT2D eigenvalue weighted by atomic mass is 16.5. The normalized spacial score (nSPS) is 10.9. The number of ether oxygens (including phenoxy) is 1. The molecule has 0 spiro atoms. The zero-order valence-corrected chi connectivity index (χ0v) is 10.9. The first-order valence-corrected chi connectivity index (χ1v) is 5.69. The van der Waals surface area contributed by atoms with Crippen molar-refractivity contribution in [2.75, 3.05) is 7.11 Å². The Hall–Kier alpha value is -2.00. The lowest BCUT2D eigenvalue weighted by molar-refractivity contribution is -0.139. The fraction of sp³-hybridized carbons (Fsp3) is 0.462. The zero-order chi connectivity index (χ0) is 14.0. The van der Waals surface area contributed by atoms with E-state index in [0.717, 1.165) is 7.11 Å². The van der Waals surface area contributed by atoms with Crippen molar-refractivity contribution in [3.63, 3.8) is 0 Å². The van der Waals surface area contributed by atoms with Gasteiger partial charge in [-0.25, -0.2) is 4.79 Å². The molecule has 0 aromatic heterocycles. The summed E-state index contributed by atoms with van der Waals surface area (Å²) in [7, 11) is 1.12. The van der Waals surface area contributed by atoms with Crippen LogP contribution >= 0.6 is 0 Å². The van der Waals surface area contributed by atoms with Crippen LogP contribution in [0.4, 0.5) is 0 Å². The van der Waals surface area contributed by atoms with Crippen molar-refractivity contribution in [3.8, 4) is 0 Å². The first-order valence-electron chi connectivity index (χ1n) is 5.69. The second kappa shape index (κ2) is 9.07. The first-order chi connectivity index (χ1) is 8.52. The molecule has 18 heavy (non-hydrogen) atoms. The van der Waals surface area contributed by atoms with Gasteiger partial charge in [0.15, 0.2) is 0 Å². The Balaban J connectivity index is 4.19. The highest BCUT2D eigenvalue weighted by molar-refractivity contribution is 6.62. The van der Waals surface area contributed by atoms with E-state index < -0.39 is 17.5 Å². The number of esters is 1. The molecule has 0 radical (unpaired) electrons. The lowest BCUT2D eigenvalue weighted by atomic mass is 10.1. The molecule has 0 amide bonds. The summed E-state index contributed by atoms with van der Waals surface area (Å²) >= 11 is 0. The van der Waals surface area contributed by atoms with Crippen LogP contribution in [0.5, 0.6) is 0 Å². The van der Waals surface area contributed by atoms with Gasteiger partial charge in [-0.05, 0) is 12.3 Å². The fourth-order valence-electron chi connectivity index (χ4n) is 1.10. The number of nitrogens with zero attached hydrogens (tertiary/aromatic N) is 2. The number of carbonyl (C=O) groups is 2. The number of Topliss-reactive ketones (excluding diaryl/α,β-unsaturated/α-hetero) is 1. The van der Waals surface area contributed by atoms with Crippen molar-refractivity contribution in [2.24, 2.45) is 5.92 Å². The Morgan fingerprint density at radius 3 is 2.50 bits per heavy atom. The molecule has 0 saturated heterocycles. The third kappa shape index (κ3) is 6.55. The minimum Gasteiger partial charge on any atom is -0.460 e. The van der Waals surface area contributed by atoms with E-state index in [0.29, 0.717) is 12.3 Å². The smallest absolute Gasteiger partial charge is 0.441 e. The number of methoxy groups -OCH3 is 1. The summed E-state index contributed by atoms with van der Waals surface area (Å²) in [6.07, 6.45) is 8.13. The van der Waals surface area contributed by atoms with E-state index in [1.807, 2.05) is 24.3 Å². The lowest BCUT2D eigenvalue weighted by Crippen LogP contribution is -2.26. The SMILES string of the molecule is COC(=O)C(=[N+]=[N-])C(=O)CC/C=C/C=C/C(C)C. The Morgan fingerprint density at radius 2 is 2.00 bits per heavy atom. The Morgan fingerprint density at radius 1 is 1.33 bits per heavy atom. The molecule has 0 aliphatic carbocycles. The average molecular weight is 250 g/mol.